The Kier molecular flexibility index (Phi) is 9.35. The fourth-order valence-electron chi connectivity index (χ4n) is 4.12. The molecule has 0 spiro atoms. The highest BCUT2D eigenvalue weighted by molar-refractivity contribution is 7.99. The first kappa shape index (κ1) is 30.8. The standard InChI is InChI=1S/C30H30F3N3O5S/c1-29(2,3)41-28(39)35-23-18-42-25-14-11-21(26(37)34-16-19-7-5-4-6-8-19)15-24(25)36(27(23)38)17-20-9-12-22(13-10-20)40-30(31,32)33/h4-15,23H,16-18H2,1-3H3,(H,34,37)(H,35,39)/t23-/m0/s1. The van der Waals surface area contributed by atoms with Crippen molar-refractivity contribution in [1.82, 2.24) is 10.6 Å². The highest BCUT2D eigenvalue weighted by Gasteiger charge is 2.34. The molecule has 0 fully saturated rings. The summed E-state index contributed by atoms with van der Waals surface area (Å²) in [6.07, 6.45) is -5.60. The summed E-state index contributed by atoms with van der Waals surface area (Å²) in [6, 6.07) is 18.5. The summed E-state index contributed by atoms with van der Waals surface area (Å²) < 4.78 is 47.2. The quantitative estimate of drug-likeness (QED) is 0.343. The molecule has 0 bridgehead atoms. The van der Waals surface area contributed by atoms with Crippen LogP contribution in [0.1, 0.15) is 42.3 Å². The first-order valence-corrected chi connectivity index (χ1v) is 14.0. The lowest BCUT2D eigenvalue weighted by atomic mass is 10.1. The van der Waals surface area contributed by atoms with Gasteiger partial charge in [-0.3, -0.25) is 9.59 Å². The van der Waals surface area contributed by atoms with Crippen LogP contribution >= 0.6 is 11.8 Å². The normalized spacial score (nSPS) is 15.3. The smallest absolute Gasteiger partial charge is 0.444 e. The van der Waals surface area contributed by atoms with Crippen LogP contribution in [0.5, 0.6) is 5.75 Å². The van der Waals surface area contributed by atoms with Gasteiger partial charge in [0.2, 0.25) is 0 Å². The lowest BCUT2D eigenvalue weighted by Crippen LogP contribution is -2.50. The van der Waals surface area contributed by atoms with Gasteiger partial charge < -0.3 is 25.0 Å². The highest BCUT2D eigenvalue weighted by Crippen LogP contribution is 2.36. The summed E-state index contributed by atoms with van der Waals surface area (Å²) >= 11 is 1.33. The molecule has 3 amide bonds. The average molecular weight is 602 g/mol. The number of benzene rings is 3. The van der Waals surface area contributed by atoms with Gasteiger partial charge >= 0.3 is 12.5 Å². The van der Waals surface area contributed by atoms with E-state index >= 15 is 0 Å². The van der Waals surface area contributed by atoms with Crippen LogP contribution in [0.2, 0.25) is 0 Å². The lowest BCUT2D eigenvalue weighted by Gasteiger charge is -2.27. The number of carbonyl (C=O) groups is 3. The van der Waals surface area contributed by atoms with Crippen molar-refractivity contribution >= 4 is 35.4 Å². The number of amides is 3. The number of fused-ring (bicyclic) bond motifs is 1. The summed E-state index contributed by atoms with van der Waals surface area (Å²) in [7, 11) is 0. The molecule has 8 nitrogen and oxygen atoms in total. The number of nitrogens with one attached hydrogen (secondary N) is 2. The summed E-state index contributed by atoms with van der Waals surface area (Å²) in [4.78, 5) is 41.5. The van der Waals surface area contributed by atoms with Crippen molar-refractivity contribution in [1.29, 1.82) is 0 Å². The maximum atomic E-state index is 13.8. The molecular formula is C30H30F3N3O5S. The largest absolute Gasteiger partial charge is 0.573 e. The molecule has 1 aliphatic heterocycles. The number of alkyl carbamates (subject to hydrolysis) is 1. The molecule has 3 aromatic carbocycles. The van der Waals surface area contributed by atoms with E-state index in [0.29, 0.717) is 28.3 Å². The summed E-state index contributed by atoms with van der Waals surface area (Å²) in [5.74, 6) is -1.02. The molecule has 3 aromatic rings. The first-order valence-electron chi connectivity index (χ1n) is 13.0. The molecule has 0 radical (unpaired) electrons. The Morgan fingerprint density at radius 2 is 1.67 bits per heavy atom. The molecule has 0 unspecified atom stereocenters. The average Bonchev–Trinajstić information content (AvgIpc) is 3.03. The predicted molar refractivity (Wildman–Crippen MR) is 152 cm³/mol. The minimum absolute atomic E-state index is 0.0414. The van der Waals surface area contributed by atoms with E-state index < -0.39 is 35.8 Å². The van der Waals surface area contributed by atoms with E-state index in [2.05, 4.69) is 15.4 Å². The third-order valence-corrected chi connectivity index (χ3v) is 7.12. The number of nitrogens with zero attached hydrogens (tertiary/aromatic N) is 1. The molecule has 0 saturated carbocycles. The van der Waals surface area contributed by atoms with Crippen molar-refractivity contribution in [2.24, 2.45) is 0 Å². The number of carbonyl (C=O) groups excluding carboxylic acids is 3. The Bertz CT molecular complexity index is 1430. The van der Waals surface area contributed by atoms with Crippen LogP contribution in [0.15, 0.2) is 77.7 Å². The highest BCUT2D eigenvalue weighted by atomic mass is 32.2. The lowest BCUT2D eigenvalue weighted by molar-refractivity contribution is -0.274. The van der Waals surface area contributed by atoms with Gasteiger partial charge in [0.15, 0.2) is 0 Å². The van der Waals surface area contributed by atoms with E-state index in [9.17, 15) is 27.6 Å². The van der Waals surface area contributed by atoms with Crippen LogP contribution in [0.4, 0.5) is 23.7 Å². The van der Waals surface area contributed by atoms with Gasteiger partial charge in [0.05, 0.1) is 12.2 Å². The van der Waals surface area contributed by atoms with Gasteiger partial charge in [-0.05, 0) is 62.2 Å². The van der Waals surface area contributed by atoms with Gasteiger partial charge in [-0.1, -0.05) is 42.5 Å². The van der Waals surface area contributed by atoms with Crippen LogP contribution < -0.4 is 20.3 Å². The fourth-order valence-corrected chi connectivity index (χ4v) is 5.17. The zero-order chi connectivity index (χ0) is 30.5. The molecule has 4 rings (SSSR count). The molecule has 1 heterocycles. The summed E-state index contributed by atoms with van der Waals surface area (Å²) in [5, 5.41) is 5.50. The van der Waals surface area contributed by atoms with Gasteiger partial charge in [-0.25, -0.2) is 4.79 Å². The molecule has 1 atom stereocenters. The Labute approximate surface area is 245 Å². The van der Waals surface area contributed by atoms with Crippen molar-refractivity contribution in [2.45, 2.75) is 56.8 Å². The Balaban J connectivity index is 1.61. The van der Waals surface area contributed by atoms with Crippen molar-refractivity contribution in [3.8, 4) is 5.75 Å². The van der Waals surface area contributed by atoms with Gasteiger partial charge in [0, 0.05) is 22.8 Å². The van der Waals surface area contributed by atoms with Crippen LogP contribution in [0.25, 0.3) is 0 Å². The Hall–Kier alpha value is -4.19. The number of thioether (sulfide) groups is 1. The van der Waals surface area contributed by atoms with Crippen LogP contribution in [-0.4, -0.2) is 41.7 Å². The van der Waals surface area contributed by atoms with Gasteiger partial charge in [-0.15, -0.1) is 24.9 Å². The minimum Gasteiger partial charge on any atom is -0.444 e. The van der Waals surface area contributed by atoms with Crippen LogP contribution in [0, 0.1) is 0 Å². The second-order valence-corrected chi connectivity index (χ2v) is 11.5. The molecule has 222 valence electrons. The van der Waals surface area contributed by atoms with Crippen LogP contribution in [-0.2, 0) is 22.6 Å². The molecule has 1 aliphatic rings. The van der Waals surface area contributed by atoms with E-state index in [1.165, 1.54) is 28.8 Å². The van der Waals surface area contributed by atoms with Gasteiger partial charge in [-0.2, -0.15) is 0 Å². The SMILES string of the molecule is CC(C)(C)OC(=O)N[C@H]1CSc2ccc(C(=O)NCc3ccccc3)cc2N(Cc2ccc(OC(F)(F)F)cc2)C1=O. The second-order valence-electron chi connectivity index (χ2n) is 10.5. The molecular weight excluding hydrogens is 571 g/mol. The maximum absolute atomic E-state index is 13.8. The molecule has 0 aliphatic carbocycles. The van der Waals surface area contributed by atoms with E-state index in [0.717, 1.165) is 17.7 Å². The molecule has 2 N–H and O–H groups in total. The molecule has 0 aromatic heterocycles. The first-order chi connectivity index (χ1) is 19.8. The number of hydrogen-bond acceptors (Lipinski definition) is 6. The van der Waals surface area contributed by atoms with E-state index in [1.54, 1.807) is 39.0 Å². The number of alkyl halides is 3. The van der Waals surface area contributed by atoms with Gasteiger partial charge in [0.25, 0.3) is 11.8 Å². The summed E-state index contributed by atoms with van der Waals surface area (Å²) in [5.41, 5.74) is 1.39. The van der Waals surface area contributed by atoms with Gasteiger partial charge in [0.1, 0.15) is 17.4 Å². The van der Waals surface area contributed by atoms with Crippen molar-refractivity contribution in [3.05, 3.63) is 89.5 Å². The third-order valence-electron chi connectivity index (χ3n) is 5.97. The van der Waals surface area contributed by atoms with Crippen molar-refractivity contribution in [3.63, 3.8) is 0 Å². The molecule has 12 heteroatoms. The Morgan fingerprint density at radius 3 is 2.31 bits per heavy atom. The zero-order valence-electron chi connectivity index (χ0n) is 23.2. The van der Waals surface area contributed by atoms with Crippen molar-refractivity contribution in [2.75, 3.05) is 10.7 Å². The number of rotatable bonds is 7. The number of anilines is 1. The van der Waals surface area contributed by atoms with E-state index in [1.807, 2.05) is 30.3 Å². The monoisotopic (exact) mass is 601 g/mol. The second kappa shape index (κ2) is 12.8. The topological polar surface area (TPSA) is 97.0 Å². The molecule has 0 saturated heterocycles. The zero-order valence-corrected chi connectivity index (χ0v) is 24.0. The maximum Gasteiger partial charge on any atom is 0.573 e. The van der Waals surface area contributed by atoms with E-state index in [-0.39, 0.29) is 18.2 Å². The van der Waals surface area contributed by atoms with Crippen LogP contribution in [0.3, 0.4) is 0 Å². The predicted octanol–water partition coefficient (Wildman–Crippen LogP) is 6.05. The fraction of sp³-hybridized carbons (Fsp3) is 0.300. The van der Waals surface area contributed by atoms with E-state index in [4.69, 9.17) is 4.74 Å². The minimum atomic E-state index is -4.84. The third kappa shape index (κ3) is 8.65. The van der Waals surface area contributed by atoms with Crippen molar-refractivity contribution < 1.29 is 37.0 Å². The Morgan fingerprint density at radius 1 is 0.976 bits per heavy atom. The number of halogens is 3. The molecule has 42 heavy (non-hydrogen) atoms. The number of ether oxygens (including phenoxy) is 2. The number of hydrogen-bond donors (Lipinski definition) is 2. The summed E-state index contributed by atoms with van der Waals surface area (Å²) in [6.45, 7) is 5.38.